The quantitative estimate of drug-likeness (QED) is 0.356. The van der Waals surface area contributed by atoms with Crippen molar-refractivity contribution in [3.63, 3.8) is 0 Å². The molecule has 2 N–H and O–H groups in total. The summed E-state index contributed by atoms with van der Waals surface area (Å²) >= 11 is 0. The summed E-state index contributed by atoms with van der Waals surface area (Å²) in [6.45, 7) is 1.70. The highest BCUT2D eigenvalue weighted by Crippen LogP contribution is 2.30. The minimum Gasteiger partial charge on any atom is -0.506 e. The van der Waals surface area contributed by atoms with Gasteiger partial charge in [-0.25, -0.2) is 4.79 Å². The van der Waals surface area contributed by atoms with Crippen LogP contribution in [-0.2, 0) is 9.59 Å². The number of nitrogens with one attached hydrogen (secondary N) is 1. The van der Waals surface area contributed by atoms with Gasteiger partial charge in [0.2, 0.25) is 6.29 Å². The zero-order valence-corrected chi connectivity index (χ0v) is 9.39. The van der Waals surface area contributed by atoms with Crippen LogP contribution in [0.1, 0.15) is 5.56 Å². The molecule has 1 amide bonds. The van der Waals surface area contributed by atoms with E-state index in [9.17, 15) is 19.5 Å². The number of anilines is 1. The van der Waals surface area contributed by atoms with Crippen LogP contribution in [0.15, 0.2) is 27.4 Å². The second-order valence-electron chi connectivity index (χ2n) is 3.72. The first-order valence-electron chi connectivity index (χ1n) is 5.05. The van der Waals surface area contributed by atoms with Gasteiger partial charge in [0.15, 0.2) is 0 Å². The number of aromatic hydroxyl groups is 1. The fourth-order valence-corrected chi connectivity index (χ4v) is 1.62. The lowest BCUT2D eigenvalue weighted by Gasteiger charge is -2.07. The molecule has 0 unspecified atom stereocenters. The van der Waals surface area contributed by atoms with Crippen LogP contribution in [0.5, 0.6) is 5.75 Å². The van der Waals surface area contributed by atoms with Gasteiger partial charge in [-0.05, 0) is 18.6 Å². The Morgan fingerprint density at radius 2 is 2.11 bits per heavy atom. The molecule has 0 fully saturated rings. The van der Waals surface area contributed by atoms with Crippen molar-refractivity contribution in [2.24, 2.45) is 0 Å². The highest BCUT2D eigenvalue weighted by atomic mass is 16.4. The molecule has 0 saturated carbocycles. The van der Waals surface area contributed by atoms with Crippen LogP contribution in [0, 0.1) is 6.92 Å². The number of fused-ring (bicyclic) bond motifs is 1. The van der Waals surface area contributed by atoms with Crippen molar-refractivity contribution in [3.05, 3.63) is 34.2 Å². The third kappa shape index (κ3) is 2.08. The molecule has 0 saturated heterocycles. The van der Waals surface area contributed by atoms with Crippen molar-refractivity contribution >= 4 is 28.8 Å². The Morgan fingerprint density at radius 1 is 1.39 bits per heavy atom. The fraction of sp³-hybridized carbons (Fsp3) is 0.0833. The van der Waals surface area contributed by atoms with E-state index in [1.165, 1.54) is 18.2 Å². The molecule has 0 radical (unpaired) electrons. The number of benzene rings is 1. The molecule has 1 aromatic heterocycles. The minimum atomic E-state index is -0.875. The predicted molar refractivity (Wildman–Crippen MR) is 63.6 cm³/mol. The summed E-state index contributed by atoms with van der Waals surface area (Å²) in [5.74, 6) is -1.16. The van der Waals surface area contributed by atoms with E-state index in [0.29, 0.717) is 10.9 Å². The largest absolute Gasteiger partial charge is 0.506 e. The summed E-state index contributed by atoms with van der Waals surface area (Å²) in [4.78, 5) is 32.3. The van der Waals surface area contributed by atoms with E-state index in [-0.39, 0.29) is 23.3 Å². The predicted octanol–water partition coefficient (Wildman–Crippen LogP) is 0.944. The lowest BCUT2D eigenvalue weighted by molar-refractivity contribution is -0.127. The van der Waals surface area contributed by atoms with E-state index in [4.69, 9.17) is 4.42 Å². The molecular weight excluding hydrogens is 238 g/mol. The third-order valence-corrected chi connectivity index (χ3v) is 2.43. The number of hydrogen-bond acceptors (Lipinski definition) is 5. The van der Waals surface area contributed by atoms with E-state index in [1.54, 1.807) is 6.92 Å². The van der Waals surface area contributed by atoms with E-state index in [1.807, 2.05) is 0 Å². The van der Waals surface area contributed by atoms with Gasteiger partial charge in [-0.1, -0.05) is 0 Å². The van der Waals surface area contributed by atoms with Gasteiger partial charge in [0.25, 0.3) is 5.91 Å². The molecule has 0 atom stereocenters. The molecule has 6 heteroatoms. The topological polar surface area (TPSA) is 96.6 Å². The number of rotatable bonds is 2. The molecule has 2 rings (SSSR count). The van der Waals surface area contributed by atoms with Crippen molar-refractivity contribution in [1.82, 2.24) is 0 Å². The van der Waals surface area contributed by atoms with Crippen LogP contribution in [0.25, 0.3) is 11.0 Å². The molecule has 0 spiro atoms. The van der Waals surface area contributed by atoms with Crippen LogP contribution in [-0.4, -0.2) is 17.3 Å². The zero-order chi connectivity index (χ0) is 13.3. The van der Waals surface area contributed by atoms with Crippen molar-refractivity contribution < 1.29 is 19.1 Å². The van der Waals surface area contributed by atoms with Crippen molar-refractivity contribution in [2.45, 2.75) is 6.92 Å². The monoisotopic (exact) mass is 247 g/mol. The average Bonchev–Trinajstić information content (AvgIpc) is 2.30. The second kappa shape index (κ2) is 4.33. The molecule has 1 aromatic carbocycles. The first-order chi connectivity index (χ1) is 8.51. The number of carbonyl (C=O) groups is 2. The molecule has 2 aromatic rings. The Labute approximate surface area is 101 Å². The molecule has 0 aliphatic carbocycles. The Hall–Kier alpha value is -2.63. The molecule has 18 heavy (non-hydrogen) atoms. The minimum absolute atomic E-state index is 0.0801. The summed E-state index contributed by atoms with van der Waals surface area (Å²) in [6, 6.07) is 3.94. The van der Waals surface area contributed by atoms with Crippen molar-refractivity contribution in [1.29, 1.82) is 0 Å². The summed E-state index contributed by atoms with van der Waals surface area (Å²) in [7, 11) is 0. The van der Waals surface area contributed by atoms with Gasteiger partial charge in [-0.2, -0.15) is 0 Å². The maximum absolute atomic E-state index is 11.2. The van der Waals surface area contributed by atoms with Crippen LogP contribution >= 0.6 is 0 Å². The van der Waals surface area contributed by atoms with Gasteiger partial charge in [-0.3, -0.25) is 9.59 Å². The lowest BCUT2D eigenvalue weighted by Crippen LogP contribution is -2.12. The average molecular weight is 247 g/mol. The molecule has 6 nitrogen and oxygen atoms in total. The Bertz CT molecular complexity index is 701. The Kier molecular flexibility index (Phi) is 2.85. The van der Waals surface area contributed by atoms with Crippen LogP contribution in [0.3, 0.4) is 0 Å². The Morgan fingerprint density at radius 3 is 2.78 bits per heavy atom. The van der Waals surface area contributed by atoms with Crippen LogP contribution in [0.4, 0.5) is 5.69 Å². The molecule has 92 valence electrons. The van der Waals surface area contributed by atoms with Crippen LogP contribution < -0.4 is 10.9 Å². The standard InChI is InChI=1S/C12H9NO5/c1-6-2-12(17)18-10-4-9(15)8(3-7(6)10)13-11(16)5-14/h2-5,15H,1H3,(H,13,16). The number of aldehydes is 1. The van der Waals surface area contributed by atoms with E-state index in [0.717, 1.165) is 0 Å². The SMILES string of the molecule is Cc1cc(=O)oc2cc(O)c(NC(=O)C=O)cc12. The maximum atomic E-state index is 11.2. The smallest absolute Gasteiger partial charge is 0.336 e. The van der Waals surface area contributed by atoms with Gasteiger partial charge in [0.1, 0.15) is 11.3 Å². The van der Waals surface area contributed by atoms with Gasteiger partial charge < -0.3 is 14.8 Å². The number of phenolic OH excluding ortho intramolecular Hbond substituents is 1. The Balaban J connectivity index is 2.64. The van der Waals surface area contributed by atoms with E-state index < -0.39 is 11.5 Å². The summed E-state index contributed by atoms with van der Waals surface area (Å²) < 4.78 is 4.91. The second-order valence-corrected chi connectivity index (χ2v) is 3.72. The highest BCUT2D eigenvalue weighted by molar-refractivity contribution is 6.29. The number of aryl methyl sites for hydroxylation is 1. The molecule has 0 bridgehead atoms. The van der Waals surface area contributed by atoms with Gasteiger partial charge in [0.05, 0.1) is 5.69 Å². The van der Waals surface area contributed by atoms with Gasteiger partial charge in [-0.15, -0.1) is 0 Å². The highest BCUT2D eigenvalue weighted by Gasteiger charge is 2.10. The first kappa shape index (κ1) is 11.8. The number of phenols is 1. The molecule has 0 aliphatic rings. The number of amides is 1. The van der Waals surface area contributed by atoms with E-state index in [2.05, 4.69) is 5.32 Å². The summed E-state index contributed by atoms with van der Waals surface area (Å²) in [6.07, 6.45) is 0.0988. The number of carbonyl (C=O) groups excluding carboxylic acids is 2. The third-order valence-electron chi connectivity index (χ3n) is 2.43. The molecular formula is C12H9NO5. The van der Waals surface area contributed by atoms with Crippen molar-refractivity contribution in [3.8, 4) is 5.75 Å². The number of hydrogen-bond donors (Lipinski definition) is 2. The normalized spacial score (nSPS) is 10.3. The summed E-state index contributed by atoms with van der Waals surface area (Å²) in [5, 5.41) is 12.4. The fourth-order valence-electron chi connectivity index (χ4n) is 1.62. The van der Waals surface area contributed by atoms with Gasteiger partial charge in [0, 0.05) is 17.5 Å². The zero-order valence-electron chi connectivity index (χ0n) is 9.39. The van der Waals surface area contributed by atoms with E-state index >= 15 is 0 Å². The molecule has 1 heterocycles. The molecule has 0 aliphatic heterocycles. The first-order valence-corrected chi connectivity index (χ1v) is 5.05. The lowest BCUT2D eigenvalue weighted by atomic mass is 10.1. The van der Waals surface area contributed by atoms with Gasteiger partial charge >= 0.3 is 5.63 Å². The maximum Gasteiger partial charge on any atom is 0.336 e. The van der Waals surface area contributed by atoms with Crippen molar-refractivity contribution in [2.75, 3.05) is 5.32 Å². The van der Waals surface area contributed by atoms with Crippen LogP contribution in [0.2, 0.25) is 0 Å². The summed E-state index contributed by atoms with van der Waals surface area (Å²) in [5.41, 5.74) is 0.407.